The first-order chi connectivity index (χ1) is 9.93. The molecule has 0 radical (unpaired) electrons. The number of nitrogens with one attached hydrogen (secondary N) is 1. The molecule has 0 unspecified atom stereocenters. The molecule has 1 N–H and O–H groups in total. The van der Waals surface area contributed by atoms with Crippen LogP contribution in [-0.4, -0.2) is 14.8 Å². The van der Waals surface area contributed by atoms with Crippen LogP contribution in [0, 0.1) is 20.2 Å². The monoisotopic (exact) mass is 325 g/mol. The van der Waals surface area contributed by atoms with E-state index in [0.29, 0.717) is 16.3 Å². The third kappa shape index (κ3) is 1.82. The zero-order valence-electron chi connectivity index (χ0n) is 10.1. The first-order valence-electron chi connectivity index (χ1n) is 5.63. The fourth-order valence-corrected chi connectivity index (χ4v) is 2.87. The summed E-state index contributed by atoms with van der Waals surface area (Å²) < 4.78 is 0. The Bertz CT molecular complexity index is 935. The second-order valence-electron chi connectivity index (χ2n) is 4.26. The largest absolute Gasteiger partial charge is 0.371 e. The van der Waals surface area contributed by atoms with E-state index in [0.717, 1.165) is 0 Å². The SMILES string of the molecule is O=[N+]([O-])c1c(Cl)c(Cl)c2c([nH]c3ccccc32)c1[N+](=O)[O-]. The summed E-state index contributed by atoms with van der Waals surface area (Å²) in [6.45, 7) is 0. The molecule has 0 aliphatic rings. The predicted octanol–water partition coefficient (Wildman–Crippen LogP) is 4.44. The predicted molar refractivity (Wildman–Crippen MR) is 79.1 cm³/mol. The number of hydrogen-bond acceptors (Lipinski definition) is 4. The number of H-pyrrole nitrogens is 1. The van der Waals surface area contributed by atoms with Crippen molar-refractivity contribution < 1.29 is 9.85 Å². The second-order valence-corrected chi connectivity index (χ2v) is 5.02. The lowest BCUT2D eigenvalue weighted by atomic mass is 10.1. The number of benzene rings is 2. The van der Waals surface area contributed by atoms with Crippen LogP contribution in [0.4, 0.5) is 11.4 Å². The molecule has 7 nitrogen and oxygen atoms in total. The van der Waals surface area contributed by atoms with Crippen molar-refractivity contribution in [3.05, 3.63) is 54.5 Å². The molecule has 0 saturated heterocycles. The average Bonchev–Trinajstić information content (AvgIpc) is 2.80. The highest BCUT2D eigenvalue weighted by molar-refractivity contribution is 6.48. The van der Waals surface area contributed by atoms with Crippen LogP contribution in [0.3, 0.4) is 0 Å². The van der Waals surface area contributed by atoms with E-state index in [1.165, 1.54) is 0 Å². The van der Waals surface area contributed by atoms with Gasteiger partial charge in [0.25, 0.3) is 0 Å². The number of halogens is 2. The van der Waals surface area contributed by atoms with E-state index in [2.05, 4.69) is 4.98 Å². The van der Waals surface area contributed by atoms with Gasteiger partial charge >= 0.3 is 11.4 Å². The number of para-hydroxylation sites is 1. The third-order valence-corrected chi connectivity index (χ3v) is 4.00. The Morgan fingerprint density at radius 1 is 0.952 bits per heavy atom. The number of aromatic nitrogens is 1. The smallest absolute Gasteiger partial charge is 0.349 e. The van der Waals surface area contributed by atoms with Crippen LogP contribution in [0.5, 0.6) is 0 Å². The van der Waals surface area contributed by atoms with Gasteiger partial charge in [-0.25, -0.2) is 0 Å². The molecule has 0 bridgehead atoms. The average molecular weight is 326 g/mol. The first kappa shape index (κ1) is 13.6. The lowest BCUT2D eigenvalue weighted by molar-refractivity contribution is -0.421. The molecule has 1 heterocycles. The van der Waals surface area contributed by atoms with Crippen molar-refractivity contribution in [2.75, 3.05) is 0 Å². The van der Waals surface area contributed by atoms with Gasteiger partial charge in [-0.1, -0.05) is 41.4 Å². The summed E-state index contributed by atoms with van der Waals surface area (Å²) in [5.41, 5.74) is -0.942. The molecule has 0 saturated carbocycles. The number of nitro benzene ring substituents is 2. The Morgan fingerprint density at radius 2 is 1.57 bits per heavy atom. The van der Waals surface area contributed by atoms with Crippen LogP contribution >= 0.6 is 23.2 Å². The summed E-state index contributed by atoms with van der Waals surface area (Å²) in [7, 11) is 0. The third-order valence-electron chi connectivity index (χ3n) is 3.15. The summed E-state index contributed by atoms with van der Waals surface area (Å²) in [6.07, 6.45) is 0. The minimum absolute atomic E-state index is 0.0118. The van der Waals surface area contributed by atoms with Crippen LogP contribution in [0.15, 0.2) is 24.3 Å². The minimum atomic E-state index is -0.905. The van der Waals surface area contributed by atoms with E-state index < -0.39 is 26.2 Å². The van der Waals surface area contributed by atoms with Gasteiger partial charge in [-0.3, -0.25) is 20.2 Å². The molecule has 0 amide bonds. The molecule has 0 fully saturated rings. The molecule has 0 aliphatic carbocycles. The molecule has 0 spiro atoms. The van der Waals surface area contributed by atoms with Gasteiger partial charge < -0.3 is 4.98 Å². The first-order valence-corrected chi connectivity index (χ1v) is 6.39. The Hall–Kier alpha value is -2.38. The lowest BCUT2D eigenvalue weighted by Gasteiger charge is -2.02. The van der Waals surface area contributed by atoms with Gasteiger partial charge in [0.1, 0.15) is 10.5 Å². The molecular formula is C12H5Cl2N3O4. The standard InChI is InChI=1S/C12H5Cl2N3O4/c13-8-7-5-3-1-2-4-6(5)15-10(7)12(17(20)21)11(9(8)14)16(18)19/h1-4,15H. The number of rotatable bonds is 2. The molecule has 3 aromatic rings. The maximum Gasteiger partial charge on any atom is 0.371 e. The zero-order chi connectivity index (χ0) is 15.3. The van der Waals surface area contributed by atoms with Crippen molar-refractivity contribution in [2.45, 2.75) is 0 Å². The molecule has 106 valence electrons. The molecule has 1 aromatic heterocycles. The zero-order valence-corrected chi connectivity index (χ0v) is 11.6. The highest BCUT2D eigenvalue weighted by Crippen LogP contribution is 2.48. The number of fused-ring (bicyclic) bond motifs is 3. The Morgan fingerprint density at radius 3 is 2.19 bits per heavy atom. The number of nitro groups is 2. The van der Waals surface area contributed by atoms with Gasteiger partial charge in [0, 0.05) is 16.3 Å². The van der Waals surface area contributed by atoms with Gasteiger partial charge in [0.05, 0.1) is 14.9 Å². The van der Waals surface area contributed by atoms with Crippen LogP contribution in [-0.2, 0) is 0 Å². The van der Waals surface area contributed by atoms with E-state index in [1.54, 1.807) is 24.3 Å². The maximum atomic E-state index is 11.3. The van der Waals surface area contributed by atoms with Crippen LogP contribution in [0.1, 0.15) is 0 Å². The quantitative estimate of drug-likeness (QED) is 0.555. The summed E-state index contributed by atoms with van der Waals surface area (Å²) in [5, 5.41) is 22.8. The number of aromatic amines is 1. The van der Waals surface area contributed by atoms with E-state index in [9.17, 15) is 20.2 Å². The Balaban J connectivity index is 2.66. The molecule has 21 heavy (non-hydrogen) atoms. The van der Waals surface area contributed by atoms with Crippen LogP contribution < -0.4 is 0 Å². The molecular weight excluding hydrogens is 321 g/mol. The number of nitrogens with zero attached hydrogens (tertiary/aromatic N) is 2. The Kier molecular flexibility index (Phi) is 2.96. The molecule has 9 heteroatoms. The van der Waals surface area contributed by atoms with Crippen molar-refractivity contribution >= 4 is 56.4 Å². The highest BCUT2D eigenvalue weighted by Gasteiger charge is 2.35. The van der Waals surface area contributed by atoms with E-state index >= 15 is 0 Å². The highest BCUT2D eigenvalue weighted by atomic mass is 35.5. The van der Waals surface area contributed by atoms with Crippen LogP contribution in [0.25, 0.3) is 21.8 Å². The van der Waals surface area contributed by atoms with Crippen molar-refractivity contribution in [2.24, 2.45) is 0 Å². The van der Waals surface area contributed by atoms with E-state index in [4.69, 9.17) is 23.2 Å². The fraction of sp³-hybridized carbons (Fsp3) is 0. The van der Waals surface area contributed by atoms with Gasteiger partial charge in [0.2, 0.25) is 0 Å². The molecule has 2 aromatic carbocycles. The van der Waals surface area contributed by atoms with Gasteiger partial charge in [0.15, 0.2) is 0 Å². The van der Waals surface area contributed by atoms with E-state index in [1.807, 2.05) is 0 Å². The van der Waals surface area contributed by atoms with Crippen LogP contribution in [0.2, 0.25) is 10.0 Å². The summed E-state index contributed by atoms with van der Waals surface area (Å²) in [6, 6.07) is 6.85. The normalized spacial score (nSPS) is 11.1. The van der Waals surface area contributed by atoms with Crippen molar-refractivity contribution in [1.82, 2.24) is 4.98 Å². The molecule has 3 rings (SSSR count). The fourth-order valence-electron chi connectivity index (χ4n) is 2.33. The second kappa shape index (κ2) is 4.57. The van der Waals surface area contributed by atoms with Crippen molar-refractivity contribution in [3.8, 4) is 0 Å². The summed E-state index contributed by atoms with van der Waals surface area (Å²) in [4.78, 5) is 23.4. The minimum Gasteiger partial charge on any atom is -0.349 e. The summed E-state index contributed by atoms with van der Waals surface area (Å²) >= 11 is 12.0. The maximum absolute atomic E-state index is 11.3. The summed E-state index contributed by atoms with van der Waals surface area (Å²) in [5.74, 6) is 0. The lowest BCUT2D eigenvalue weighted by Crippen LogP contribution is -1.99. The van der Waals surface area contributed by atoms with Crippen molar-refractivity contribution in [3.63, 3.8) is 0 Å². The van der Waals surface area contributed by atoms with Gasteiger partial charge in [-0.15, -0.1) is 0 Å². The molecule has 0 atom stereocenters. The number of hydrogen-bond donors (Lipinski definition) is 1. The van der Waals surface area contributed by atoms with Crippen molar-refractivity contribution in [1.29, 1.82) is 0 Å². The Labute approximate surface area is 126 Å². The molecule has 0 aliphatic heterocycles. The van der Waals surface area contributed by atoms with Gasteiger partial charge in [-0.2, -0.15) is 0 Å². The topological polar surface area (TPSA) is 102 Å². The van der Waals surface area contributed by atoms with Gasteiger partial charge in [-0.05, 0) is 6.07 Å². The van der Waals surface area contributed by atoms with E-state index in [-0.39, 0.29) is 10.5 Å².